The van der Waals surface area contributed by atoms with Crippen LogP contribution in [0.25, 0.3) is 0 Å². The Morgan fingerprint density at radius 2 is 1.91 bits per heavy atom. The Kier molecular flexibility index (Phi) is 4.93. The molecule has 5 atom stereocenters. The molecule has 11 heteroatoms. The molecule has 5 rings (SSSR count). The zero-order chi connectivity index (χ0) is 25.8. The lowest BCUT2D eigenvalue weighted by Crippen LogP contribution is -2.57. The predicted octanol–water partition coefficient (Wildman–Crippen LogP) is 0.479. The van der Waals surface area contributed by atoms with Gasteiger partial charge in [-0.05, 0) is 53.0 Å². The third-order valence-corrected chi connectivity index (χ3v) is 7.73. The fourth-order valence-electron chi connectivity index (χ4n) is 6.42. The van der Waals surface area contributed by atoms with Crippen LogP contribution >= 0.6 is 0 Å². The summed E-state index contributed by atoms with van der Waals surface area (Å²) in [6, 6.07) is 0.325. The van der Waals surface area contributed by atoms with E-state index in [4.69, 9.17) is 10.5 Å². The number of ether oxygens (including phenoxy) is 1. The fraction of sp³-hybridized carbons (Fsp3) is 0.500. The molecule has 1 aliphatic heterocycles. The predicted molar refractivity (Wildman–Crippen MR) is 120 cm³/mol. The highest BCUT2D eigenvalue weighted by molar-refractivity contribution is 6.13. The van der Waals surface area contributed by atoms with Crippen LogP contribution in [0.4, 0.5) is 4.39 Å². The number of aliphatic hydroxyl groups is 3. The van der Waals surface area contributed by atoms with Crippen LogP contribution < -0.4 is 5.73 Å². The van der Waals surface area contributed by atoms with Crippen molar-refractivity contribution in [3.63, 3.8) is 0 Å². The number of nitrogens with zero attached hydrogens (tertiary/aromatic N) is 2. The molecule has 6 N–H and O–H groups in total. The highest BCUT2D eigenvalue weighted by Crippen LogP contribution is 2.68. The van der Waals surface area contributed by atoms with E-state index in [-0.39, 0.29) is 41.6 Å². The number of carbonyl (C=O) groups is 2. The van der Waals surface area contributed by atoms with Crippen molar-refractivity contribution < 1.29 is 39.1 Å². The fourth-order valence-corrected chi connectivity index (χ4v) is 6.42. The number of Topliss-reactive ketones (excluding diaryl/α,β-unsaturated/α-hetero) is 1. The molecule has 35 heavy (non-hydrogen) atoms. The van der Waals surface area contributed by atoms with Crippen LogP contribution in [0, 0.1) is 17.7 Å². The summed E-state index contributed by atoms with van der Waals surface area (Å²) in [6.45, 7) is 0.212. The second-order valence-electron chi connectivity index (χ2n) is 10.3. The van der Waals surface area contributed by atoms with Crippen LogP contribution in [-0.2, 0) is 22.5 Å². The van der Waals surface area contributed by atoms with Crippen molar-refractivity contribution >= 4 is 11.7 Å². The first kappa shape index (κ1) is 23.7. The van der Waals surface area contributed by atoms with Crippen LogP contribution in [0.1, 0.15) is 27.9 Å². The summed E-state index contributed by atoms with van der Waals surface area (Å²) in [4.78, 5) is 29.0. The number of rotatable bonds is 4. The number of nitrogens with two attached hydrogens (primary N) is 1. The van der Waals surface area contributed by atoms with Crippen molar-refractivity contribution in [1.29, 1.82) is 0 Å². The van der Waals surface area contributed by atoms with Gasteiger partial charge < -0.3 is 35.8 Å². The van der Waals surface area contributed by atoms with Crippen LogP contribution in [-0.4, -0.2) is 87.5 Å². The van der Waals surface area contributed by atoms with Gasteiger partial charge in [-0.3, -0.25) is 14.5 Å². The second-order valence-corrected chi connectivity index (χ2v) is 10.3. The molecule has 0 bridgehead atoms. The Hall–Kier alpha value is -2.99. The summed E-state index contributed by atoms with van der Waals surface area (Å²) in [6.07, 6.45) is 0.142. The lowest BCUT2D eigenvalue weighted by Gasteiger charge is -2.45. The van der Waals surface area contributed by atoms with Gasteiger partial charge in [-0.2, -0.15) is 0 Å². The lowest BCUT2D eigenvalue weighted by atomic mass is 9.60. The maximum Gasteiger partial charge on any atom is 0.253 e. The number of benzene rings is 1. The van der Waals surface area contributed by atoms with Crippen molar-refractivity contribution in [3.05, 3.63) is 51.2 Å². The van der Waals surface area contributed by atoms with Gasteiger partial charge in [0, 0.05) is 29.2 Å². The van der Waals surface area contributed by atoms with E-state index in [0.29, 0.717) is 0 Å². The Labute approximate surface area is 200 Å². The van der Waals surface area contributed by atoms with Crippen LogP contribution in [0.15, 0.2) is 28.7 Å². The normalized spacial score (nSPS) is 33.5. The molecule has 0 saturated carbocycles. The number of hydrogen-bond acceptors (Lipinski definition) is 9. The summed E-state index contributed by atoms with van der Waals surface area (Å²) >= 11 is 0. The molecular formula is C24H28FN3O7. The smallest absolute Gasteiger partial charge is 0.253 e. The van der Waals surface area contributed by atoms with Gasteiger partial charge in [0.2, 0.25) is 5.79 Å². The van der Waals surface area contributed by atoms with Gasteiger partial charge in [0.05, 0.1) is 11.6 Å². The van der Waals surface area contributed by atoms with Gasteiger partial charge in [0.25, 0.3) is 5.91 Å². The molecule has 1 heterocycles. The number of primary amides is 1. The van der Waals surface area contributed by atoms with E-state index in [1.54, 1.807) is 38.0 Å². The number of halogens is 1. The minimum absolute atomic E-state index is 0.0133. The highest BCUT2D eigenvalue weighted by Gasteiger charge is 2.84. The summed E-state index contributed by atoms with van der Waals surface area (Å²) in [5.74, 6) is -7.82. The van der Waals surface area contributed by atoms with Gasteiger partial charge in [-0.15, -0.1) is 0 Å². The topological polar surface area (TPSA) is 160 Å². The maximum atomic E-state index is 15.5. The van der Waals surface area contributed by atoms with Crippen LogP contribution in [0.5, 0.6) is 5.75 Å². The first-order valence-electron chi connectivity index (χ1n) is 11.3. The Morgan fingerprint density at radius 1 is 1.26 bits per heavy atom. The van der Waals surface area contributed by atoms with E-state index in [9.17, 15) is 30.0 Å². The molecule has 0 aromatic heterocycles. The number of ketones is 1. The van der Waals surface area contributed by atoms with Gasteiger partial charge >= 0.3 is 0 Å². The Morgan fingerprint density at radius 3 is 2.49 bits per heavy atom. The van der Waals surface area contributed by atoms with Crippen molar-refractivity contribution in [2.45, 2.75) is 36.8 Å². The van der Waals surface area contributed by atoms with Crippen LogP contribution in [0.2, 0.25) is 0 Å². The average Bonchev–Trinajstić information content (AvgIpc) is 3.36. The lowest BCUT2D eigenvalue weighted by molar-refractivity contribution is -0.117. The standard InChI is InChI=1S/C24H28FN3O7/c1-27(2)8-10-7-13(29)15-11(17(10)25)5-9-6-12-18(28(3)4)20(31)16(22(26)33)24(34)23(12,35-24)21(32)14(9)19(15)30/h7,9,12,18,29,31-32,34H,5-6,8H2,1-4H3,(H2,26,33)/t9-,12-,18-,23-,24?/m0/s1. The zero-order valence-electron chi connectivity index (χ0n) is 19.8. The number of fused-ring (bicyclic) bond motifs is 2. The van der Waals surface area contributed by atoms with Gasteiger partial charge in [0.1, 0.15) is 28.7 Å². The number of epoxide rings is 1. The van der Waals surface area contributed by atoms with Gasteiger partial charge in [-0.25, -0.2) is 4.39 Å². The van der Waals surface area contributed by atoms with E-state index < -0.39 is 69.6 Å². The summed E-state index contributed by atoms with van der Waals surface area (Å²) in [5.41, 5.74) is 2.92. The van der Waals surface area contributed by atoms with Crippen molar-refractivity contribution in [2.24, 2.45) is 17.6 Å². The molecule has 1 fully saturated rings. The molecular weight excluding hydrogens is 461 g/mol. The molecule has 188 valence electrons. The number of aliphatic hydroxyl groups excluding tert-OH is 2. The van der Waals surface area contributed by atoms with E-state index in [1.165, 1.54) is 6.07 Å². The molecule has 1 aromatic rings. The molecule has 1 unspecified atom stereocenters. The Bertz CT molecular complexity index is 1260. The monoisotopic (exact) mass is 489 g/mol. The molecule has 4 aliphatic rings. The van der Waals surface area contributed by atoms with E-state index in [1.807, 2.05) is 0 Å². The minimum Gasteiger partial charge on any atom is -0.510 e. The largest absolute Gasteiger partial charge is 0.510 e. The number of carbonyl (C=O) groups excluding carboxylic acids is 2. The summed E-state index contributed by atoms with van der Waals surface area (Å²) < 4.78 is 21.1. The van der Waals surface area contributed by atoms with Gasteiger partial charge in [-0.1, -0.05) is 0 Å². The highest BCUT2D eigenvalue weighted by atomic mass is 19.1. The van der Waals surface area contributed by atoms with E-state index in [0.717, 1.165) is 0 Å². The summed E-state index contributed by atoms with van der Waals surface area (Å²) in [7, 11) is 6.79. The molecule has 1 spiro atoms. The maximum absolute atomic E-state index is 15.5. The second kappa shape index (κ2) is 7.26. The molecule has 0 radical (unpaired) electrons. The number of allylic oxidation sites excluding steroid dienone is 1. The number of phenolic OH excluding ortho intramolecular Hbond substituents is 1. The van der Waals surface area contributed by atoms with Crippen molar-refractivity contribution in [1.82, 2.24) is 9.80 Å². The molecule has 10 nitrogen and oxygen atoms in total. The molecule has 1 amide bonds. The Balaban J connectivity index is 1.70. The SMILES string of the molecule is CN(C)Cc1cc(O)c2c(c1F)C[C@H]1C[C@H]3[C@H](N(C)C)C(O)=C(C(N)=O)C4(O)O[C@]34C(O)=C1C2=O. The number of likely N-dealkylation sites (N-methyl/N-ethyl adjacent to an activating group) is 1. The summed E-state index contributed by atoms with van der Waals surface area (Å²) in [5, 5.41) is 44.2. The van der Waals surface area contributed by atoms with Crippen molar-refractivity contribution in [3.8, 4) is 5.75 Å². The third-order valence-electron chi connectivity index (χ3n) is 7.73. The third kappa shape index (κ3) is 2.83. The van der Waals surface area contributed by atoms with E-state index in [2.05, 4.69) is 0 Å². The van der Waals surface area contributed by atoms with Crippen molar-refractivity contribution in [2.75, 3.05) is 28.2 Å². The van der Waals surface area contributed by atoms with Gasteiger partial charge in [0.15, 0.2) is 11.4 Å². The minimum atomic E-state index is -2.41. The zero-order valence-corrected chi connectivity index (χ0v) is 19.8. The molecule has 1 aromatic carbocycles. The number of hydrogen-bond donors (Lipinski definition) is 5. The number of amides is 1. The first-order valence-corrected chi connectivity index (χ1v) is 11.3. The quantitative estimate of drug-likeness (QED) is 0.379. The number of phenols is 1. The van der Waals surface area contributed by atoms with E-state index >= 15 is 4.39 Å². The van der Waals surface area contributed by atoms with Crippen LogP contribution in [0.3, 0.4) is 0 Å². The molecule has 3 aliphatic carbocycles. The first-order chi connectivity index (χ1) is 16.3. The average molecular weight is 490 g/mol. The molecule has 1 saturated heterocycles. The number of aromatic hydroxyl groups is 1.